The van der Waals surface area contributed by atoms with E-state index in [-0.39, 0.29) is 0 Å². The fourth-order valence-electron chi connectivity index (χ4n) is 2.82. The zero-order valence-electron chi connectivity index (χ0n) is 5.53. The zero-order chi connectivity index (χ0) is 6.88. The second kappa shape index (κ2) is 1.93. The Hall–Kier alpha value is 1.22. The summed E-state index contributed by atoms with van der Waals surface area (Å²) in [5.74, 6) is 2.02. The first kappa shape index (κ1) is 6.71. The van der Waals surface area contributed by atoms with Crippen molar-refractivity contribution >= 4 is 40.2 Å². The number of hydrogen-bond donors (Lipinski definition) is 1. The Morgan fingerprint density at radius 2 is 2.10 bits per heavy atom. The SMILES string of the molecule is SC1C2CC3C([SH2+])C2[Se]C13. The molecule has 2 aliphatic carbocycles. The van der Waals surface area contributed by atoms with Crippen LogP contribution in [0.4, 0.5) is 0 Å². The van der Waals surface area contributed by atoms with E-state index in [0.717, 1.165) is 46.9 Å². The van der Waals surface area contributed by atoms with Crippen molar-refractivity contribution in [3.8, 4) is 0 Å². The maximum absolute atomic E-state index is 4.67. The van der Waals surface area contributed by atoms with Crippen LogP contribution in [-0.2, 0) is 12.6 Å². The fraction of sp³-hybridized carbons (Fsp3) is 1.00. The topological polar surface area (TPSA) is 0 Å². The van der Waals surface area contributed by atoms with Gasteiger partial charge in [-0.3, -0.25) is 0 Å². The molecule has 3 heteroatoms. The summed E-state index contributed by atoms with van der Waals surface area (Å²) in [6.45, 7) is 0. The molecule has 0 aromatic rings. The Morgan fingerprint density at radius 3 is 2.40 bits per heavy atom. The molecule has 0 aromatic heterocycles. The van der Waals surface area contributed by atoms with Crippen LogP contribution < -0.4 is 0 Å². The third-order valence-corrected chi connectivity index (χ3v) is 9.79. The normalized spacial score (nSPS) is 70.2. The molecule has 6 unspecified atom stereocenters. The van der Waals surface area contributed by atoms with Crippen LogP contribution >= 0.6 is 12.6 Å². The van der Waals surface area contributed by atoms with Gasteiger partial charge in [0.15, 0.2) is 0 Å². The molecular formula is C7H11S2Se+. The molecule has 0 nitrogen and oxygen atoms in total. The minimum absolute atomic E-state index is 0.794. The molecule has 0 spiro atoms. The second-order valence-electron chi connectivity index (χ2n) is 3.65. The van der Waals surface area contributed by atoms with Gasteiger partial charge < -0.3 is 0 Å². The third kappa shape index (κ3) is 0.564. The average molecular weight is 238 g/mol. The van der Waals surface area contributed by atoms with Crippen LogP contribution in [-0.4, -0.2) is 25.5 Å². The van der Waals surface area contributed by atoms with Crippen molar-refractivity contribution in [2.24, 2.45) is 11.8 Å². The first-order valence-corrected chi connectivity index (χ1v) is 6.91. The summed E-state index contributed by atoms with van der Waals surface area (Å²) >= 11 is 9.47. The van der Waals surface area contributed by atoms with Crippen LogP contribution in [0.5, 0.6) is 0 Å². The molecule has 4 aliphatic rings. The van der Waals surface area contributed by atoms with Crippen molar-refractivity contribution in [1.82, 2.24) is 0 Å². The monoisotopic (exact) mass is 239 g/mol. The van der Waals surface area contributed by atoms with Gasteiger partial charge in [0.25, 0.3) is 0 Å². The Balaban J connectivity index is 2.05. The van der Waals surface area contributed by atoms with Crippen molar-refractivity contribution in [2.75, 3.05) is 0 Å². The van der Waals surface area contributed by atoms with E-state index in [9.17, 15) is 0 Å². The summed E-state index contributed by atoms with van der Waals surface area (Å²) in [6, 6.07) is 0. The molecule has 4 rings (SSSR count). The van der Waals surface area contributed by atoms with E-state index in [1.54, 1.807) is 0 Å². The molecule has 6 atom stereocenters. The van der Waals surface area contributed by atoms with Crippen LogP contribution in [0.25, 0.3) is 0 Å². The molecule has 10 heavy (non-hydrogen) atoms. The zero-order valence-corrected chi connectivity index (χ0v) is 9.13. The van der Waals surface area contributed by atoms with Crippen LogP contribution in [0, 0.1) is 11.8 Å². The summed E-state index contributed by atoms with van der Waals surface area (Å²) in [4.78, 5) is 2.09. The predicted octanol–water partition coefficient (Wildman–Crippen LogP) is 0.609. The van der Waals surface area contributed by atoms with Gasteiger partial charge in [0.05, 0.1) is 0 Å². The summed E-state index contributed by atoms with van der Waals surface area (Å²) in [5, 5.41) is 1.68. The number of thiol groups is 1. The number of rotatable bonds is 0. The minimum atomic E-state index is 0.794. The van der Waals surface area contributed by atoms with Gasteiger partial charge in [-0.15, -0.1) is 0 Å². The van der Waals surface area contributed by atoms with Gasteiger partial charge in [-0.05, 0) is 0 Å². The van der Waals surface area contributed by atoms with E-state index in [4.69, 9.17) is 0 Å². The van der Waals surface area contributed by atoms with Gasteiger partial charge >= 0.3 is 78.6 Å². The van der Waals surface area contributed by atoms with Gasteiger partial charge in [0.1, 0.15) is 0 Å². The number of hydrogen-bond acceptors (Lipinski definition) is 1. The summed E-state index contributed by atoms with van der Waals surface area (Å²) < 4.78 is 0. The molecule has 2 heterocycles. The molecule has 4 bridgehead atoms. The molecule has 2 aliphatic heterocycles. The standard InChI is InChI=1S/C7H10S2Se/c8-4-2-1-3-5(9)6(2)10-7(3)4/h2-9H,1H2/p+1. The van der Waals surface area contributed by atoms with Crippen molar-refractivity contribution in [2.45, 2.75) is 26.6 Å². The molecule has 4 fully saturated rings. The van der Waals surface area contributed by atoms with E-state index >= 15 is 0 Å². The molecule has 0 amide bonds. The predicted molar refractivity (Wildman–Crippen MR) is 51.6 cm³/mol. The van der Waals surface area contributed by atoms with Crippen molar-refractivity contribution in [3.05, 3.63) is 0 Å². The Kier molecular flexibility index (Phi) is 1.29. The van der Waals surface area contributed by atoms with Crippen LogP contribution in [0.2, 0.25) is 9.63 Å². The van der Waals surface area contributed by atoms with E-state index in [1.807, 2.05) is 0 Å². The quantitative estimate of drug-likeness (QED) is 0.357. The third-order valence-electron chi connectivity index (χ3n) is 3.29. The molecule has 56 valence electrons. The molecule has 0 aromatic carbocycles. The summed E-state index contributed by atoms with van der Waals surface area (Å²) in [5.41, 5.74) is 0. The van der Waals surface area contributed by atoms with Crippen molar-refractivity contribution < 1.29 is 0 Å². The first-order valence-electron chi connectivity index (χ1n) is 3.83. The van der Waals surface area contributed by atoms with Crippen molar-refractivity contribution in [3.63, 3.8) is 0 Å². The van der Waals surface area contributed by atoms with Crippen LogP contribution in [0.15, 0.2) is 0 Å². The Labute approximate surface area is 78.5 Å². The van der Waals surface area contributed by atoms with Gasteiger partial charge in [-0.2, -0.15) is 0 Å². The van der Waals surface area contributed by atoms with E-state index in [0.29, 0.717) is 0 Å². The van der Waals surface area contributed by atoms with Gasteiger partial charge in [-0.1, -0.05) is 0 Å². The Bertz CT molecular complexity index is 148. The second-order valence-corrected chi connectivity index (χ2v) is 7.76. The van der Waals surface area contributed by atoms with Crippen molar-refractivity contribution in [1.29, 1.82) is 0 Å². The fourth-order valence-corrected chi connectivity index (χ4v) is 9.61. The maximum atomic E-state index is 4.67. The van der Waals surface area contributed by atoms with E-state index < -0.39 is 0 Å². The van der Waals surface area contributed by atoms with Crippen LogP contribution in [0.3, 0.4) is 0 Å². The van der Waals surface area contributed by atoms with E-state index in [2.05, 4.69) is 25.3 Å². The van der Waals surface area contributed by atoms with Gasteiger partial charge in [0.2, 0.25) is 0 Å². The molecule has 2 saturated heterocycles. The average Bonchev–Trinajstić information content (AvgIpc) is 2.55. The Morgan fingerprint density at radius 1 is 1.30 bits per heavy atom. The van der Waals surface area contributed by atoms with Gasteiger partial charge in [-0.25, -0.2) is 0 Å². The molecule has 2 saturated carbocycles. The van der Waals surface area contributed by atoms with Crippen LogP contribution in [0.1, 0.15) is 6.42 Å². The molecular weight excluding hydrogens is 227 g/mol. The van der Waals surface area contributed by atoms with E-state index in [1.165, 1.54) is 6.42 Å². The summed E-state index contributed by atoms with van der Waals surface area (Å²) in [7, 11) is 0. The summed E-state index contributed by atoms with van der Waals surface area (Å²) in [6.07, 6.45) is 1.49. The molecule has 0 radical (unpaired) electrons. The first-order chi connectivity index (χ1) is 4.79. The molecule has 0 N–H and O–H groups in total. The van der Waals surface area contributed by atoms with Gasteiger partial charge in [0, 0.05) is 0 Å².